The zero-order chi connectivity index (χ0) is 24.0. The van der Waals surface area contributed by atoms with E-state index in [9.17, 15) is 13.2 Å². The van der Waals surface area contributed by atoms with E-state index < -0.39 is 10.0 Å². The highest BCUT2D eigenvalue weighted by Gasteiger charge is 2.16. The normalized spacial score (nSPS) is 11.0. The number of pyridine rings is 1. The third-order valence-electron chi connectivity index (χ3n) is 4.65. The smallest absolute Gasteiger partial charge is 0.271 e. The first-order valence-corrected chi connectivity index (χ1v) is 12.5. The molecule has 10 heteroatoms. The van der Waals surface area contributed by atoms with Gasteiger partial charge in [-0.2, -0.15) is 0 Å². The summed E-state index contributed by atoms with van der Waals surface area (Å²) >= 11 is 1.12. The second-order valence-corrected chi connectivity index (χ2v) is 9.94. The Hall–Kier alpha value is -3.89. The molecule has 34 heavy (non-hydrogen) atoms. The molecule has 0 bridgehead atoms. The molecule has 0 aliphatic rings. The summed E-state index contributed by atoms with van der Waals surface area (Å²) in [6, 6.07) is 20.2. The fourth-order valence-electron chi connectivity index (χ4n) is 2.99. The second kappa shape index (κ2) is 10.4. The summed E-state index contributed by atoms with van der Waals surface area (Å²) in [7, 11) is -2.11. The number of methoxy groups -OCH3 is 1. The Morgan fingerprint density at radius 3 is 2.56 bits per heavy atom. The standard InChI is InChI=1S/C24H21N3O5S2/c1-31-20-7-3-8-21(14-20)32-22-11-10-17(15-25-22)16-26-24(28)18-5-2-6-19(13-18)27-34(29,30)23-9-4-12-33-23/h2-15,27H,16H2,1H3,(H,26,28). The Kier molecular flexibility index (Phi) is 7.09. The zero-order valence-electron chi connectivity index (χ0n) is 18.1. The minimum Gasteiger partial charge on any atom is -0.497 e. The molecule has 0 saturated carbocycles. The van der Waals surface area contributed by atoms with Gasteiger partial charge in [0.05, 0.1) is 7.11 Å². The molecule has 0 aliphatic heterocycles. The minimum absolute atomic E-state index is 0.202. The number of carbonyl (C=O) groups excluding carboxylic acids is 1. The number of benzene rings is 2. The topological polar surface area (TPSA) is 107 Å². The molecule has 2 N–H and O–H groups in total. The van der Waals surface area contributed by atoms with Crippen molar-refractivity contribution in [3.63, 3.8) is 0 Å². The van der Waals surface area contributed by atoms with Gasteiger partial charge in [0.1, 0.15) is 15.7 Å². The summed E-state index contributed by atoms with van der Waals surface area (Å²) in [5.41, 5.74) is 1.42. The summed E-state index contributed by atoms with van der Waals surface area (Å²) < 4.78 is 38.4. The summed E-state index contributed by atoms with van der Waals surface area (Å²) in [6.07, 6.45) is 1.61. The number of hydrogen-bond acceptors (Lipinski definition) is 7. The van der Waals surface area contributed by atoms with Gasteiger partial charge in [-0.15, -0.1) is 11.3 Å². The lowest BCUT2D eigenvalue weighted by Crippen LogP contribution is -2.23. The number of ether oxygens (including phenoxy) is 2. The molecule has 0 fully saturated rings. The van der Waals surface area contributed by atoms with Crippen molar-refractivity contribution < 1.29 is 22.7 Å². The number of nitrogens with one attached hydrogen (secondary N) is 2. The molecule has 8 nitrogen and oxygen atoms in total. The lowest BCUT2D eigenvalue weighted by molar-refractivity contribution is 0.0951. The van der Waals surface area contributed by atoms with Crippen molar-refractivity contribution in [1.82, 2.24) is 10.3 Å². The Bertz CT molecular complexity index is 1370. The number of thiophene rings is 1. The lowest BCUT2D eigenvalue weighted by Gasteiger charge is -2.10. The quantitative estimate of drug-likeness (QED) is 0.349. The van der Waals surface area contributed by atoms with Crippen molar-refractivity contribution in [3.8, 4) is 17.4 Å². The van der Waals surface area contributed by atoms with Crippen LogP contribution in [-0.2, 0) is 16.6 Å². The van der Waals surface area contributed by atoms with Gasteiger partial charge in [0.15, 0.2) is 0 Å². The second-order valence-electron chi connectivity index (χ2n) is 7.09. The molecular formula is C24H21N3O5S2. The van der Waals surface area contributed by atoms with E-state index in [1.54, 1.807) is 67.2 Å². The average Bonchev–Trinajstić information content (AvgIpc) is 3.40. The van der Waals surface area contributed by atoms with Crippen molar-refractivity contribution in [1.29, 1.82) is 0 Å². The number of hydrogen-bond donors (Lipinski definition) is 2. The van der Waals surface area contributed by atoms with Gasteiger partial charge < -0.3 is 14.8 Å². The molecule has 0 unspecified atom stereocenters. The van der Waals surface area contributed by atoms with Crippen molar-refractivity contribution in [2.24, 2.45) is 0 Å². The molecule has 2 aromatic heterocycles. The van der Waals surface area contributed by atoms with E-state index in [1.165, 1.54) is 12.1 Å². The summed E-state index contributed by atoms with van der Waals surface area (Å²) in [5, 5.41) is 4.49. The molecule has 0 atom stereocenters. The van der Waals surface area contributed by atoms with E-state index in [0.717, 1.165) is 16.9 Å². The van der Waals surface area contributed by atoms with Gasteiger partial charge in [0.2, 0.25) is 5.88 Å². The molecule has 0 radical (unpaired) electrons. The number of anilines is 1. The van der Waals surface area contributed by atoms with E-state index in [2.05, 4.69) is 15.0 Å². The molecule has 2 aromatic carbocycles. The zero-order valence-corrected chi connectivity index (χ0v) is 19.7. The molecule has 0 spiro atoms. The number of carbonyl (C=O) groups is 1. The van der Waals surface area contributed by atoms with Crippen molar-refractivity contribution in [2.75, 3.05) is 11.8 Å². The predicted octanol–water partition coefficient (Wildman–Crippen LogP) is 4.67. The van der Waals surface area contributed by atoms with Gasteiger partial charge in [-0.1, -0.05) is 24.3 Å². The number of amides is 1. The third kappa shape index (κ3) is 5.91. The van der Waals surface area contributed by atoms with Crippen LogP contribution in [0.4, 0.5) is 5.69 Å². The highest BCUT2D eigenvalue weighted by Crippen LogP contribution is 2.24. The van der Waals surface area contributed by atoms with Gasteiger partial charge >= 0.3 is 0 Å². The highest BCUT2D eigenvalue weighted by molar-refractivity contribution is 7.94. The highest BCUT2D eigenvalue weighted by atomic mass is 32.2. The maximum Gasteiger partial charge on any atom is 0.271 e. The molecule has 0 saturated heterocycles. The fraction of sp³-hybridized carbons (Fsp3) is 0.0833. The number of aromatic nitrogens is 1. The van der Waals surface area contributed by atoms with Crippen LogP contribution < -0.4 is 19.5 Å². The van der Waals surface area contributed by atoms with Gasteiger partial charge in [-0.25, -0.2) is 13.4 Å². The van der Waals surface area contributed by atoms with Crippen molar-refractivity contribution in [3.05, 3.63) is 95.5 Å². The SMILES string of the molecule is COc1cccc(Oc2ccc(CNC(=O)c3cccc(NS(=O)(=O)c4cccs4)c3)cn2)c1. The minimum atomic E-state index is -3.69. The van der Waals surface area contributed by atoms with Gasteiger partial charge in [0, 0.05) is 36.1 Å². The molecule has 2 heterocycles. The third-order valence-corrected chi connectivity index (χ3v) is 7.43. The van der Waals surface area contributed by atoms with Crippen LogP contribution in [-0.4, -0.2) is 26.4 Å². The molecular weight excluding hydrogens is 474 g/mol. The van der Waals surface area contributed by atoms with Crippen molar-refractivity contribution in [2.45, 2.75) is 10.8 Å². The van der Waals surface area contributed by atoms with Gasteiger partial charge in [-0.3, -0.25) is 9.52 Å². The maximum atomic E-state index is 12.6. The first kappa shape index (κ1) is 23.3. The van der Waals surface area contributed by atoms with Crippen LogP contribution in [0.25, 0.3) is 0 Å². The summed E-state index contributed by atoms with van der Waals surface area (Å²) in [6.45, 7) is 0.246. The molecule has 4 aromatic rings. The van der Waals surface area contributed by atoms with E-state index in [1.807, 2.05) is 12.1 Å². The Morgan fingerprint density at radius 1 is 1.00 bits per heavy atom. The van der Waals surface area contributed by atoms with E-state index in [4.69, 9.17) is 9.47 Å². The first-order valence-electron chi connectivity index (χ1n) is 10.1. The summed E-state index contributed by atoms with van der Waals surface area (Å²) in [4.78, 5) is 16.9. The summed E-state index contributed by atoms with van der Waals surface area (Å²) in [5.74, 6) is 1.35. The van der Waals surface area contributed by atoms with E-state index in [0.29, 0.717) is 28.6 Å². The maximum absolute atomic E-state index is 12.6. The van der Waals surface area contributed by atoms with Crippen LogP contribution in [0.3, 0.4) is 0 Å². The molecule has 1 amide bonds. The van der Waals surface area contributed by atoms with Crippen LogP contribution in [0.5, 0.6) is 17.4 Å². The van der Waals surface area contributed by atoms with Crippen LogP contribution in [0.15, 0.2) is 88.6 Å². The monoisotopic (exact) mass is 495 g/mol. The van der Waals surface area contributed by atoms with Crippen molar-refractivity contribution >= 4 is 33.0 Å². The van der Waals surface area contributed by atoms with Crippen LogP contribution in [0.2, 0.25) is 0 Å². The predicted molar refractivity (Wildman–Crippen MR) is 130 cm³/mol. The van der Waals surface area contributed by atoms with Gasteiger partial charge in [0.25, 0.3) is 15.9 Å². The number of rotatable bonds is 9. The number of nitrogens with zero attached hydrogens (tertiary/aromatic N) is 1. The molecule has 4 rings (SSSR count). The average molecular weight is 496 g/mol. The largest absolute Gasteiger partial charge is 0.497 e. The first-order chi connectivity index (χ1) is 16.4. The van der Waals surface area contributed by atoms with Gasteiger partial charge in [-0.05, 0) is 47.3 Å². The lowest BCUT2D eigenvalue weighted by atomic mass is 10.2. The Balaban J connectivity index is 1.35. The number of sulfonamides is 1. The van der Waals surface area contributed by atoms with Crippen LogP contribution >= 0.6 is 11.3 Å². The van der Waals surface area contributed by atoms with E-state index >= 15 is 0 Å². The van der Waals surface area contributed by atoms with Crippen LogP contribution in [0.1, 0.15) is 15.9 Å². The van der Waals surface area contributed by atoms with Crippen LogP contribution in [0, 0.1) is 0 Å². The van der Waals surface area contributed by atoms with E-state index in [-0.39, 0.29) is 16.7 Å². The Morgan fingerprint density at radius 2 is 1.82 bits per heavy atom. The Labute approximate surface area is 201 Å². The fourth-order valence-corrected chi connectivity index (χ4v) is 5.03. The molecule has 0 aliphatic carbocycles. The molecule has 174 valence electrons.